The molecule has 0 saturated heterocycles. The second-order valence-corrected chi connectivity index (χ2v) is 2.21. The largest absolute Gasteiger partial charge is 0.306 e. The van der Waals surface area contributed by atoms with Crippen LogP contribution in [0.15, 0.2) is 6.08 Å². The van der Waals surface area contributed by atoms with Gasteiger partial charge in [0.05, 0.1) is 11.7 Å². The van der Waals surface area contributed by atoms with E-state index in [4.69, 9.17) is 5.41 Å². The predicted octanol–water partition coefficient (Wildman–Crippen LogP) is 1.57. The minimum absolute atomic E-state index is 0.642. The number of nitrogens with zero attached hydrogens (tertiary/aromatic N) is 2. The van der Waals surface area contributed by atoms with Gasteiger partial charge in [-0.25, -0.2) is 0 Å². The maximum Gasteiger partial charge on any atom is 0.122 e. The van der Waals surface area contributed by atoms with Crippen LogP contribution in [0.1, 0.15) is 18.3 Å². The van der Waals surface area contributed by atoms with Crippen LogP contribution in [0.4, 0.5) is 0 Å². The fourth-order valence-corrected chi connectivity index (χ4v) is 1.09. The number of allylic oxidation sites excluding steroid dienone is 1. The molecule has 0 aliphatic rings. The fraction of sp³-hybridized carbons (Fsp3) is 0.167. The third kappa shape index (κ3) is 1.27. The molecule has 0 spiro atoms. The second-order valence-electron chi connectivity index (χ2n) is 1.68. The molecule has 0 radical (unpaired) electrons. The lowest BCUT2D eigenvalue weighted by molar-refractivity contribution is 1.41. The maximum absolute atomic E-state index is 6.92. The number of rotatable bonds is 2. The zero-order chi connectivity index (χ0) is 7.40. The van der Waals surface area contributed by atoms with Gasteiger partial charge in [-0.1, -0.05) is 6.08 Å². The van der Waals surface area contributed by atoms with Crippen molar-refractivity contribution in [3.05, 3.63) is 17.5 Å². The fourth-order valence-electron chi connectivity index (χ4n) is 0.576. The molecular weight excluding hydrogens is 146 g/mol. The molecule has 1 N–H and O–H groups in total. The highest BCUT2D eigenvalue weighted by Gasteiger charge is 1.98. The van der Waals surface area contributed by atoms with E-state index in [0.717, 1.165) is 17.4 Å². The van der Waals surface area contributed by atoms with Crippen molar-refractivity contribution >= 4 is 24.0 Å². The van der Waals surface area contributed by atoms with Crippen LogP contribution in [0, 0.1) is 5.41 Å². The van der Waals surface area contributed by atoms with Gasteiger partial charge < -0.3 is 5.41 Å². The molecule has 52 valence electrons. The van der Waals surface area contributed by atoms with Crippen molar-refractivity contribution < 1.29 is 0 Å². The molecule has 4 heteroatoms. The first kappa shape index (κ1) is 7.08. The smallest absolute Gasteiger partial charge is 0.122 e. The number of hydrogen-bond acceptors (Lipinski definition) is 4. The predicted molar refractivity (Wildman–Crippen MR) is 42.5 cm³/mol. The Labute approximate surface area is 63.2 Å². The molecule has 0 atom stereocenters. The highest BCUT2D eigenvalue weighted by Crippen LogP contribution is 2.04. The molecule has 0 unspecified atom stereocenters. The first-order chi connectivity index (χ1) is 4.88. The van der Waals surface area contributed by atoms with Gasteiger partial charge in [-0.2, -0.15) is 8.75 Å². The molecular formula is C6H7N3S. The summed E-state index contributed by atoms with van der Waals surface area (Å²) in [7, 11) is 0. The monoisotopic (exact) mass is 153 g/mol. The molecule has 10 heavy (non-hydrogen) atoms. The van der Waals surface area contributed by atoms with Gasteiger partial charge in [0.15, 0.2) is 0 Å². The standard InChI is InChI=1S/C6H7N3S/c1-2-3-5-6(4-7)9-10-8-5/h2-4,7H,1H3/b3-2-,7-4?. The Bertz CT molecular complexity index is 251. The molecule has 0 aliphatic carbocycles. The van der Waals surface area contributed by atoms with Crippen LogP contribution >= 0.6 is 11.7 Å². The van der Waals surface area contributed by atoms with E-state index in [1.807, 2.05) is 19.1 Å². The van der Waals surface area contributed by atoms with Gasteiger partial charge in [-0.15, -0.1) is 0 Å². The Morgan fingerprint density at radius 2 is 2.10 bits per heavy atom. The summed E-state index contributed by atoms with van der Waals surface area (Å²) < 4.78 is 7.86. The molecule has 0 aliphatic heterocycles. The van der Waals surface area contributed by atoms with E-state index in [2.05, 4.69) is 8.75 Å². The van der Waals surface area contributed by atoms with Crippen molar-refractivity contribution in [2.75, 3.05) is 0 Å². The Morgan fingerprint density at radius 3 is 2.70 bits per heavy atom. The van der Waals surface area contributed by atoms with Gasteiger partial charge in [-0.3, -0.25) is 0 Å². The van der Waals surface area contributed by atoms with E-state index in [0.29, 0.717) is 5.69 Å². The Kier molecular flexibility index (Phi) is 2.28. The summed E-state index contributed by atoms with van der Waals surface area (Å²) >= 11 is 1.13. The Hall–Kier alpha value is -1.03. The summed E-state index contributed by atoms with van der Waals surface area (Å²) in [6.07, 6.45) is 4.92. The molecule has 3 nitrogen and oxygen atoms in total. The number of hydrogen-bond donors (Lipinski definition) is 1. The SMILES string of the molecule is C/C=C\c1nsnc1C=N. The molecule has 0 aromatic carbocycles. The molecule has 1 heterocycles. The van der Waals surface area contributed by atoms with Crippen molar-refractivity contribution in [3.8, 4) is 0 Å². The average molecular weight is 153 g/mol. The minimum atomic E-state index is 0.642. The van der Waals surface area contributed by atoms with E-state index < -0.39 is 0 Å². The Morgan fingerprint density at radius 1 is 1.40 bits per heavy atom. The van der Waals surface area contributed by atoms with Crippen LogP contribution in [-0.2, 0) is 0 Å². The molecule has 1 aromatic heterocycles. The van der Waals surface area contributed by atoms with Gasteiger partial charge in [0.1, 0.15) is 11.4 Å². The summed E-state index contributed by atoms with van der Waals surface area (Å²) in [6, 6.07) is 0. The normalized spacial score (nSPS) is 10.5. The molecule has 0 fully saturated rings. The lowest BCUT2D eigenvalue weighted by Gasteiger charge is -1.81. The van der Waals surface area contributed by atoms with Crippen LogP contribution in [0.2, 0.25) is 0 Å². The van der Waals surface area contributed by atoms with Crippen LogP contribution < -0.4 is 0 Å². The van der Waals surface area contributed by atoms with E-state index in [9.17, 15) is 0 Å². The zero-order valence-corrected chi connectivity index (χ0v) is 6.35. The van der Waals surface area contributed by atoms with Crippen LogP contribution in [0.5, 0.6) is 0 Å². The van der Waals surface area contributed by atoms with E-state index in [1.54, 1.807) is 0 Å². The number of aromatic nitrogens is 2. The summed E-state index contributed by atoms with van der Waals surface area (Å²) in [4.78, 5) is 0. The quantitative estimate of drug-likeness (QED) is 0.655. The summed E-state index contributed by atoms with van der Waals surface area (Å²) in [5, 5.41) is 6.92. The lowest BCUT2D eigenvalue weighted by atomic mass is 10.3. The van der Waals surface area contributed by atoms with Crippen molar-refractivity contribution in [2.45, 2.75) is 6.92 Å². The van der Waals surface area contributed by atoms with Crippen molar-refractivity contribution in [1.29, 1.82) is 5.41 Å². The topological polar surface area (TPSA) is 49.6 Å². The first-order valence-electron chi connectivity index (χ1n) is 2.84. The van der Waals surface area contributed by atoms with E-state index in [1.165, 1.54) is 6.21 Å². The van der Waals surface area contributed by atoms with Crippen molar-refractivity contribution in [3.63, 3.8) is 0 Å². The van der Waals surface area contributed by atoms with E-state index in [-0.39, 0.29) is 0 Å². The van der Waals surface area contributed by atoms with Crippen molar-refractivity contribution in [2.24, 2.45) is 0 Å². The third-order valence-corrected chi connectivity index (χ3v) is 1.56. The van der Waals surface area contributed by atoms with Gasteiger partial charge in [0, 0.05) is 6.21 Å². The molecule has 1 rings (SSSR count). The zero-order valence-electron chi connectivity index (χ0n) is 5.53. The minimum Gasteiger partial charge on any atom is -0.306 e. The summed E-state index contributed by atoms with van der Waals surface area (Å²) in [6.45, 7) is 1.91. The van der Waals surface area contributed by atoms with E-state index >= 15 is 0 Å². The third-order valence-electron chi connectivity index (χ3n) is 1.00. The molecule has 0 amide bonds. The number of nitrogens with one attached hydrogen (secondary N) is 1. The molecule has 0 bridgehead atoms. The lowest BCUT2D eigenvalue weighted by Crippen LogP contribution is -1.81. The highest BCUT2D eigenvalue weighted by molar-refractivity contribution is 6.99. The maximum atomic E-state index is 6.92. The van der Waals surface area contributed by atoms with Crippen LogP contribution in [0.25, 0.3) is 6.08 Å². The van der Waals surface area contributed by atoms with Gasteiger partial charge >= 0.3 is 0 Å². The second kappa shape index (κ2) is 3.22. The van der Waals surface area contributed by atoms with Gasteiger partial charge in [0.2, 0.25) is 0 Å². The molecule has 0 saturated carbocycles. The molecule has 1 aromatic rings. The Balaban J connectivity index is 3.00. The van der Waals surface area contributed by atoms with Crippen molar-refractivity contribution in [1.82, 2.24) is 8.75 Å². The summed E-state index contributed by atoms with van der Waals surface area (Å²) in [5.74, 6) is 0. The first-order valence-corrected chi connectivity index (χ1v) is 3.57. The average Bonchev–Trinajstić information content (AvgIpc) is 2.36. The highest BCUT2D eigenvalue weighted by atomic mass is 32.1. The van der Waals surface area contributed by atoms with Crippen LogP contribution in [-0.4, -0.2) is 15.0 Å². The van der Waals surface area contributed by atoms with Crippen LogP contribution in [0.3, 0.4) is 0 Å². The van der Waals surface area contributed by atoms with Gasteiger partial charge in [-0.05, 0) is 13.0 Å². The summed E-state index contributed by atoms with van der Waals surface area (Å²) in [5.41, 5.74) is 1.42. The van der Waals surface area contributed by atoms with Gasteiger partial charge in [0.25, 0.3) is 0 Å².